The van der Waals surface area contributed by atoms with Crippen molar-refractivity contribution < 1.29 is 9.90 Å². The van der Waals surface area contributed by atoms with E-state index in [2.05, 4.69) is 4.98 Å². The smallest absolute Gasteiger partial charge is 0.312 e. The summed E-state index contributed by atoms with van der Waals surface area (Å²) in [5.74, 6) is -1.24. The van der Waals surface area contributed by atoms with Gasteiger partial charge in [0, 0.05) is 21.3 Å². The molecule has 1 heterocycles. The monoisotopic (exact) mass is 341 g/mol. The number of benzene rings is 1. The van der Waals surface area contributed by atoms with Crippen molar-refractivity contribution in [3.05, 3.63) is 49.4 Å². The Morgan fingerprint density at radius 3 is 2.95 bits per heavy atom. The summed E-state index contributed by atoms with van der Waals surface area (Å²) in [5.41, 5.74) is 1.71. The van der Waals surface area contributed by atoms with Crippen molar-refractivity contribution in [2.24, 2.45) is 0 Å². The molecule has 6 heteroatoms. The number of fused-ring (bicyclic) bond motifs is 1. The van der Waals surface area contributed by atoms with E-state index in [1.165, 1.54) is 0 Å². The molecule has 1 aliphatic rings. The average molecular weight is 342 g/mol. The maximum Gasteiger partial charge on any atom is 0.312 e. The second-order valence-corrected chi connectivity index (χ2v) is 7.12. The molecule has 2 aromatic rings. The molecule has 21 heavy (non-hydrogen) atoms. The molecule has 110 valence electrons. The summed E-state index contributed by atoms with van der Waals surface area (Å²) in [4.78, 5) is 17.0. The third kappa shape index (κ3) is 3.07. The number of aliphatic carboxylic acids is 1. The molecule has 0 aliphatic heterocycles. The zero-order chi connectivity index (χ0) is 15.0. The molecule has 0 radical (unpaired) electrons. The number of carboxylic acid groups (broad SMARTS) is 1. The predicted molar refractivity (Wildman–Crippen MR) is 84.7 cm³/mol. The quantitative estimate of drug-likeness (QED) is 0.891. The lowest BCUT2D eigenvalue weighted by atomic mass is 9.91. The van der Waals surface area contributed by atoms with E-state index in [1.807, 2.05) is 6.07 Å². The van der Waals surface area contributed by atoms with Crippen LogP contribution in [0.25, 0.3) is 0 Å². The summed E-state index contributed by atoms with van der Waals surface area (Å²) in [6, 6.07) is 5.40. The van der Waals surface area contributed by atoms with Crippen LogP contribution in [0.3, 0.4) is 0 Å². The van der Waals surface area contributed by atoms with E-state index in [-0.39, 0.29) is 0 Å². The second-order valence-electron chi connectivity index (χ2n) is 5.11. The van der Waals surface area contributed by atoms with Crippen LogP contribution in [0.4, 0.5) is 0 Å². The third-order valence-corrected chi connectivity index (χ3v) is 5.37. The van der Waals surface area contributed by atoms with Gasteiger partial charge in [-0.1, -0.05) is 29.3 Å². The van der Waals surface area contributed by atoms with Gasteiger partial charge in [-0.05, 0) is 37.0 Å². The highest BCUT2D eigenvalue weighted by molar-refractivity contribution is 7.11. The molecule has 0 fully saturated rings. The van der Waals surface area contributed by atoms with E-state index in [1.54, 1.807) is 23.5 Å². The first kappa shape index (κ1) is 14.8. The fourth-order valence-corrected chi connectivity index (χ4v) is 4.28. The van der Waals surface area contributed by atoms with Gasteiger partial charge in [-0.2, -0.15) is 0 Å². The van der Waals surface area contributed by atoms with Gasteiger partial charge >= 0.3 is 5.97 Å². The van der Waals surface area contributed by atoms with E-state index in [9.17, 15) is 9.90 Å². The number of carbonyl (C=O) groups is 1. The van der Waals surface area contributed by atoms with Gasteiger partial charge in [0.15, 0.2) is 0 Å². The number of aryl methyl sites for hydroxylation is 1. The van der Waals surface area contributed by atoms with Gasteiger partial charge in [0.1, 0.15) is 0 Å². The van der Waals surface area contributed by atoms with Crippen molar-refractivity contribution in [1.29, 1.82) is 0 Å². The molecule has 0 amide bonds. The van der Waals surface area contributed by atoms with Crippen LogP contribution in [0.5, 0.6) is 0 Å². The van der Waals surface area contributed by atoms with Crippen LogP contribution < -0.4 is 0 Å². The molecular weight excluding hydrogens is 329 g/mol. The number of halogens is 2. The molecule has 0 spiro atoms. The minimum atomic E-state index is -0.780. The van der Waals surface area contributed by atoms with Crippen LogP contribution in [0.2, 0.25) is 10.0 Å². The first-order chi connectivity index (χ1) is 10.0. The summed E-state index contributed by atoms with van der Waals surface area (Å²) in [6.07, 6.45) is 3.12. The topological polar surface area (TPSA) is 50.2 Å². The average Bonchev–Trinajstić information content (AvgIpc) is 2.83. The first-order valence-corrected chi connectivity index (χ1v) is 8.27. The van der Waals surface area contributed by atoms with E-state index in [0.717, 1.165) is 34.0 Å². The molecule has 1 aromatic carbocycles. The van der Waals surface area contributed by atoms with Gasteiger partial charge in [-0.15, -0.1) is 11.3 Å². The maximum atomic E-state index is 11.3. The number of thiazole rings is 1. The molecule has 1 unspecified atom stereocenters. The maximum absolute atomic E-state index is 11.3. The normalized spacial score (nSPS) is 17.5. The summed E-state index contributed by atoms with van der Waals surface area (Å²) in [7, 11) is 0. The molecule has 0 bridgehead atoms. The van der Waals surface area contributed by atoms with Crippen LogP contribution in [0, 0.1) is 0 Å². The summed E-state index contributed by atoms with van der Waals surface area (Å²) < 4.78 is 0. The fourth-order valence-electron chi connectivity index (χ4n) is 2.61. The van der Waals surface area contributed by atoms with E-state index in [0.29, 0.717) is 22.9 Å². The number of hydrogen-bond donors (Lipinski definition) is 1. The number of nitrogens with zero attached hydrogens (tertiary/aromatic N) is 1. The predicted octanol–water partition coefficient (Wildman–Crippen LogP) is 4.55. The molecule has 1 atom stereocenters. The van der Waals surface area contributed by atoms with E-state index in [4.69, 9.17) is 23.2 Å². The van der Waals surface area contributed by atoms with Gasteiger partial charge < -0.3 is 5.11 Å². The van der Waals surface area contributed by atoms with Crippen molar-refractivity contribution in [1.82, 2.24) is 4.98 Å². The lowest BCUT2D eigenvalue weighted by molar-refractivity contribution is -0.139. The van der Waals surface area contributed by atoms with Gasteiger partial charge in [-0.25, -0.2) is 4.98 Å². The van der Waals surface area contributed by atoms with Crippen molar-refractivity contribution >= 4 is 40.5 Å². The number of hydrogen-bond acceptors (Lipinski definition) is 3. The summed E-state index contributed by atoms with van der Waals surface area (Å²) >= 11 is 13.7. The lowest BCUT2D eigenvalue weighted by Crippen LogP contribution is -2.17. The Hall–Kier alpha value is -1.10. The minimum Gasteiger partial charge on any atom is -0.481 e. The molecule has 3 nitrogen and oxygen atoms in total. The van der Waals surface area contributed by atoms with E-state index >= 15 is 0 Å². The summed E-state index contributed by atoms with van der Waals surface area (Å²) in [5, 5.41) is 11.4. The number of aromatic nitrogens is 1. The molecule has 1 aliphatic carbocycles. The van der Waals surface area contributed by atoms with Crippen molar-refractivity contribution in [3.63, 3.8) is 0 Å². The van der Waals surface area contributed by atoms with Crippen LogP contribution in [-0.4, -0.2) is 16.1 Å². The fraction of sp³-hybridized carbons (Fsp3) is 0.333. The number of rotatable bonds is 3. The highest BCUT2D eigenvalue weighted by Crippen LogP contribution is 2.36. The molecule has 3 rings (SSSR count). The SMILES string of the molecule is O=C(O)C1CCCc2sc(Cc3ccc(Cl)cc3Cl)nc21. The second kappa shape index (κ2) is 5.95. The first-order valence-electron chi connectivity index (χ1n) is 6.70. The zero-order valence-electron chi connectivity index (χ0n) is 11.1. The Kier molecular flexibility index (Phi) is 4.20. The Balaban J connectivity index is 1.89. The molecule has 0 saturated carbocycles. The number of carboxylic acids is 1. The highest BCUT2D eigenvalue weighted by Gasteiger charge is 2.29. The molecule has 0 saturated heterocycles. The summed E-state index contributed by atoms with van der Waals surface area (Å²) in [6.45, 7) is 0. The highest BCUT2D eigenvalue weighted by atomic mass is 35.5. The van der Waals surface area contributed by atoms with E-state index < -0.39 is 11.9 Å². The van der Waals surface area contributed by atoms with Gasteiger partial charge in [0.05, 0.1) is 16.6 Å². The van der Waals surface area contributed by atoms with Gasteiger partial charge in [0.25, 0.3) is 0 Å². The Morgan fingerprint density at radius 2 is 2.24 bits per heavy atom. The van der Waals surface area contributed by atoms with Gasteiger partial charge in [-0.3, -0.25) is 4.79 Å². The van der Waals surface area contributed by atoms with Crippen LogP contribution >= 0.6 is 34.5 Å². The zero-order valence-corrected chi connectivity index (χ0v) is 13.4. The Morgan fingerprint density at radius 1 is 1.43 bits per heavy atom. The molecular formula is C15H13Cl2NO2S. The van der Waals surface area contributed by atoms with Crippen LogP contribution in [-0.2, 0) is 17.6 Å². The van der Waals surface area contributed by atoms with Crippen molar-refractivity contribution in [2.75, 3.05) is 0 Å². The van der Waals surface area contributed by atoms with Crippen molar-refractivity contribution in [2.45, 2.75) is 31.6 Å². The van der Waals surface area contributed by atoms with Crippen molar-refractivity contribution in [3.8, 4) is 0 Å². The minimum absolute atomic E-state index is 0.459. The third-order valence-electron chi connectivity index (χ3n) is 3.65. The Bertz CT molecular complexity index is 699. The Labute approximate surface area is 136 Å². The molecule has 1 N–H and O–H groups in total. The largest absolute Gasteiger partial charge is 0.481 e. The standard InChI is InChI=1S/C15H13Cl2NO2S/c16-9-5-4-8(11(17)7-9)6-13-18-14-10(15(19)20)2-1-3-12(14)21-13/h4-5,7,10H,1-3,6H2,(H,19,20). The lowest BCUT2D eigenvalue weighted by Gasteiger charge is -2.16. The van der Waals surface area contributed by atoms with Gasteiger partial charge in [0.2, 0.25) is 0 Å². The van der Waals surface area contributed by atoms with Crippen LogP contribution in [0.15, 0.2) is 18.2 Å². The van der Waals surface area contributed by atoms with Crippen LogP contribution in [0.1, 0.15) is 39.9 Å². The molecule has 1 aromatic heterocycles.